The van der Waals surface area contributed by atoms with E-state index in [4.69, 9.17) is 18.9 Å². The van der Waals surface area contributed by atoms with Crippen LogP contribution in [0, 0.1) is 0 Å². The lowest BCUT2D eigenvalue weighted by molar-refractivity contribution is -0.304. The summed E-state index contributed by atoms with van der Waals surface area (Å²) in [6.45, 7) is 4.93. The fraction of sp³-hybridized carbons (Fsp3) is 0.545. The molecule has 0 unspecified atom stereocenters. The highest BCUT2D eigenvalue weighted by molar-refractivity contribution is 5.80. The zero-order chi connectivity index (χ0) is 22.6. The summed E-state index contributed by atoms with van der Waals surface area (Å²) in [5, 5.41) is 24.2. The maximum Gasteiger partial charge on any atom is 0.338 e. The average Bonchev–Trinajstić information content (AvgIpc) is 2.76. The van der Waals surface area contributed by atoms with E-state index < -0.39 is 54.2 Å². The molecule has 9 nitrogen and oxygen atoms in total. The largest absolute Gasteiger partial charge is 0.467 e. The summed E-state index contributed by atoms with van der Waals surface area (Å²) >= 11 is 0. The smallest absolute Gasteiger partial charge is 0.338 e. The third-order valence-electron chi connectivity index (χ3n) is 5.54. The number of benzene rings is 1. The number of hydrogen-bond acceptors (Lipinski definition) is 8. The van der Waals surface area contributed by atoms with Gasteiger partial charge in [0.2, 0.25) is 5.91 Å². The van der Waals surface area contributed by atoms with Crippen LogP contribution in [0.2, 0.25) is 0 Å². The van der Waals surface area contributed by atoms with E-state index in [1.807, 2.05) is 30.3 Å². The van der Waals surface area contributed by atoms with E-state index in [2.05, 4.69) is 11.9 Å². The molecule has 2 heterocycles. The van der Waals surface area contributed by atoms with Crippen molar-refractivity contribution in [3.8, 4) is 0 Å². The van der Waals surface area contributed by atoms with Gasteiger partial charge in [-0.1, -0.05) is 36.4 Å². The van der Waals surface area contributed by atoms with Gasteiger partial charge in [-0.3, -0.25) is 4.79 Å². The van der Waals surface area contributed by atoms with Crippen LogP contribution in [0.25, 0.3) is 0 Å². The molecule has 1 amide bonds. The summed E-state index contributed by atoms with van der Waals surface area (Å²) in [5.74, 6) is -1.08. The lowest BCUT2D eigenvalue weighted by Gasteiger charge is -2.49. The van der Waals surface area contributed by atoms with Crippen molar-refractivity contribution in [1.29, 1.82) is 0 Å². The Morgan fingerprint density at radius 3 is 2.58 bits per heavy atom. The van der Waals surface area contributed by atoms with Crippen molar-refractivity contribution in [2.45, 2.75) is 62.1 Å². The molecule has 0 aliphatic carbocycles. The quantitative estimate of drug-likeness (QED) is 0.439. The van der Waals surface area contributed by atoms with Crippen molar-refractivity contribution in [1.82, 2.24) is 5.32 Å². The minimum absolute atomic E-state index is 0.0559. The second kappa shape index (κ2) is 9.88. The lowest BCUT2D eigenvalue weighted by atomic mass is 9.81. The number of amides is 1. The van der Waals surface area contributed by atoms with Crippen LogP contribution in [-0.2, 0) is 28.5 Å². The van der Waals surface area contributed by atoms with Gasteiger partial charge >= 0.3 is 5.97 Å². The molecule has 0 saturated carbocycles. The Morgan fingerprint density at radius 2 is 1.97 bits per heavy atom. The minimum atomic E-state index is -1.53. The highest BCUT2D eigenvalue weighted by Gasteiger charge is 2.56. The zero-order valence-electron chi connectivity index (χ0n) is 17.6. The van der Waals surface area contributed by atoms with Crippen molar-refractivity contribution < 1.29 is 38.7 Å². The van der Waals surface area contributed by atoms with E-state index in [1.165, 1.54) is 20.1 Å². The van der Waals surface area contributed by atoms with E-state index in [0.717, 1.165) is 5.56 Å². The maximum absolute atomic E-state index is 12.6. The van der Waals surface area contributed by atoms with E-state index >= 15 is 0 Å². The molecule has 3 rings (SSSR count). The molecule has 9 heteroatoms. The number of carbonyl (C=O) groups excluding carboxylic acids is 2. The van der Waals surface area contributed by atoms with Gasteiger partial charge in [0.25, 0.3) is 0 Å². The molecule has 3 N–H and O–H groups in total. The second-order valence-electron chi connectivity index (χ2n) is 7.80. The second-order valence-corrected chi connectivity index (χ2v) is 7.80. The first-order valence-corrected chi connectivity index (χ1v) is 10.1. The molecule has 1 aromatic rings. The molecule has 2 saturated heterocycles. The highest BCUT2D eigenvalue weighted by atomic mass is 16.7. The third kappa shape index (κ3) is 4.97. The Kier molecular flexibility index (Phi) is 7.45. The number of aliphatic hydroxyl groups excluding tert-OH is 2. The van der Waals surface area contributed by atoms with Gasteiger partial charge in [0.1, 0.15) is 18.3 Å². The first kappa shape index (κ1) is 23.4. The molecule has 2 fully saturated rings. The van der Waals surface area contributed by atoms with E-state index in [0.29, 0.717) is 0 Å². The summed E-state index contributed by atoms with van der Waals surface area (Å²) in [6.07, 6.45) is -3.68. The van der Waals surface area contributed by atoms with Gasteiger partial charge in [-0.05, 0) is 0 Å². The van der Waals surface area contributed by atoms with Crippen LogP contribution in [0.15, 0.2) is 43.0 Å². The third-order valence-corrected chi connectivity index (χ3v) is 5.54. The molecule has 0 aromatic heterocycles. The van der Waals surface area contributed by atoms with Gasteiger partial charge in [-0.25, -0.2) is 4.79 Å². The Labute approximate surface area is 180 Å². The topological polar surface area (TPSA) is 124 Å². The Balaban J connectivity index is 1.95. The maximum atomic E-state index is 12.6. The van der Waals surface area contributed by atoms with Crippen molar-refractivity contribution in [3.63, 3.8) is 0 Å². The number of rotatable bonds is 6. The zero-order valence-corrected chi connectivity index (χ0v) is 17.6. The summed E-state index contributed by atoms with van der Waals surface area (Å²) in [4.78, 5) is 24.4. The predicted octanol–water partition coefficient (Wildman–Crippen LogP) is 0.604. The molecule has 0 spiro atoms. The summed E-state index contributed by atoms with van der Waals surface area (Å²) in [7, 11) is 1.23. The Hall–Kier alpha value is -2.30. The average molecular weight is 435 g/mol. The number of aliphatic hydroxyl groups is 2. The molecule has 0 radical (unpaired) electrons. The molecule has 2 aliphatic heterocycles. The molecule has 1 aromatic carbocycles. The van der Waals surface area contributed by atoms with Gasteiger partial charge in [0, 0.05) is 25.3 Å². The molecular weight excluding hydrogens is 406 g/mol. The van der Waals surface area contributed by atoms with Crippen molar-refractivity contribution >= 4 is 11.9 Å². The van der Waals surface area contributed by atoms with Gasteiger partial charge in [-0.2, -0.15) is 0 Å². The SMILES string of the molecule is C=CC[C@]1(C(=O)OC)C[C@H](O)[C@@H](NC(C)=O)[C@H]([C@@H]2O[C@H](c3ccccc3)OC[C@H]2O)O1. The molecule has 0 bridgehead atoms. The minimum Gasteiger partial charge on any atom is -0.467 e. The number of nitrogens with one attached hydrogen (secondary N) is 1. The molecule has 2 aliphatic rings. The van der Waals surface area contributed by atoms with Crippen LogP contribution >= 0.6 is 0 Å². The summed E-state index contributed by atoms with van der Waals surface area (Å²) in [6, 6.07) is 8.22. The van der Waals surface area contributed by atoms with Gasteiger partial charge < -0.3 is 34.5 Å². The van der Waals surface area contributed by atoms with Gasteiger partial charge in [0.15, 0.2) is 11.9 Å². The van der Waals surface area contributed by atoms with Crippen LogP contribution in [0.5, 0.6) is 0 Å². The first-order valence-electron chi connectivity index (χ1n) is 10.1. The molecule has 31 heavy (non-hydrogen) atoms. The standard InChI is InChI=1S/C22H29NO8/c1-4-10-22(21(27)28-3)11-15(25)17(23-13(2)24)19(31-22)18-16(26)12-29-20(30-18)14-8-6-5-7-9-14/h4-9,15-20,25-26H,1,10-12H2,2-3H3,(H,23,24)/t15-,16+,17+,18+,19+,20+,22+/m0/s1. The molecular formula is C22H29NO8. The first-order chi connectivity index (χ1) is 14.8. The van der Waals surface area contributed by atoms with Crippen LogP contribution in [0.1, 0.15) is 31.6 Å². The van der Waals surface area contributed by atoms with E-state index in [1.54, 1.807) is 0 Å². The van der Waals surface area contributed by atoms with Crippen molar-refractivity contribution in [2.24, 2.45) is 0 Å². The van der Waals surface area contributed by atoms with Crippen LogP contribution in [0.3, 0.4) is 0 Å². The van der Waals surface area contributed by atoms with E-state index in [-0.39, 0.29) is 19.4 Å². The van der Waals surface area contributed by atoms with Gasteiger partial charge in [0.05, 0.1) is 25.9 Å². The monoisotopic (exact) mass is 435 g/mol. The number of esters is 1. The molecule has 170 valence electrons. The van der Waals surface area contributed by atoms with Crippen molar-refractivity contribution in [3.05, 3.63) is 48.6 Å². The van der Waals surface area contributed by atoms with Crippen molar-refractivity contribution in [2.75, 3.05) is 13.7 Å². The predicted molar refractivity (Wildman–Crippen MR) is 109 cm³/mol. The van der Waals surface area contributed by atoms with Crippen LogP contribution in [-0.4, -0.2) is 71.9 Å². The normalized spacial score (nSPS) is 35.7. The fourth-order valence-electron chi connectivity index (χ4n) is 4.15. The number of carbonyl (C=O) groups is 2. The van der Waals surface area contributed by atoms with Crippen LogP contribution < -0.4 is 5.32 Å². The fourth-order valence-corrected chi connectivity index (χ4v) is 4.15. The Morgan fingerprint density at radius 1 is 1.26 bits per heavy atom. The summed E-state index contributed by atoms with van der Waals surface area (Å²) < 4.78 is 22.8. The van der Waals surface area contributed by atoms with Crippen LogP contribution in [0.4, 0.5) is 0 Å². The highest BCUT2D eigenvalue weighted by Crippen LogP contribution is 2.39. The van der Waals surface area contributed by atoms with E-state index in [9.17, 15) is 19.8 Å². The Bertz CT molecular complexity index is 787. The number of ether oxygens (including phenoxy) is 4. The number of methoxy groups -OCH3 is 1. The number of hydrogen-bond donors (Lipinski definition) is 3. The lowest BCUT2D eigenvalue weighted by Crippen LogP contribution is -2.68. The molecule has 7 atom stereocenters. The van der Waals surface area contributed by atoms with Gasteiger partial charge in [-0.15, -0.1) is 6.58 Å². The summed E-state index contributed by atoms with van der Waals surface area (Å²) in [5.41, 5.74) is -0.795.